The number of ketones is 2. The summed E-state index contributed by atoms with van der Waals surface area (Å²) >= 11 is 0. The molecule has 0 aromatic rings. The van der Waals surface area contributed by atoms with E-state index in [1.54, 1.807) is 0 Å². The second-order valence-electron chi connectivity index (χ2n) is 4.78. The lowest BCUT2D eigenvalue weighted by Gasteiger charge is -2.09. The van der Waals surface area contributed by atoms with Crippen molar-refractivity contribution in [1.82, 2.24) is 5.32 Å². The molecule has 1 N–H and O–H groups in total. The number of esters is 1. The van der Waals surface area contributed by atoms with Gasteiger partial charge in [0, 0.05) is 32.3 Å². The van der Waals surface area contributed by atoms with Gasteiger partial charge in [0.15, 0.2) is 11.6 Å². The Bertz CT molecular complexity index is 532. The fourth-order valence-electron chi connectivity index (χ4n) is 2.06. The van der Waals surface area contributed by atoms with Gasteiger partial charge in [0.05, 0.1) is 6.26 Å². The SMILES string of the molecule is CC(=O)O[C@@H]1CC(/C=C\C(=O)NC2C(=O)CCC2=O)=CO1. The largest absolute Gasteiger partial charge is 0.462 e. The molecule has 112 valence electrons. The van der Waals surface area contributed by atoms with Gasteiger partial charge in [-0.2, -0.15) is 0 Å². The Morgan fingerprint density at radius 2 is 2.00 bits per heavy atom. The molecule has 1 saturated carbocycles. The molecule has 21 heavy (non-hydrogen) atoms. The third-order valence-corrected chi connectivity index (χ3v) is 3.07. The average Bonchev–Trinajstić information content (AvgIpc) is 2.97. The Morgan fingerprint density at radius 1 is 1.33 bits per heavy atom. The van der Waals surface area contributed by atoms with Gasteiger partial charge in [-0.1, -0.05) is 6.08 Å². The van der Waals surface area contributed by atoms with Crippen LogP contribution < -0.4 is 5.32 Å². The fourth-order valence-corrected chi connectivity index (χ4v) is 2.06. The van der Waals surface area contributed by atoms with E-state index >= 15 is 0 Å². The monoisotopic (exact) mass is 293 g/mol. The molecule has 7 nitrogen and oxygen atoms in total. The molecule has 1 aliphatic carbocycles. The van der Waals surface area contributed by atoms with Crippen LogP contribution in [0.25, 0.3) is 0 Å². The van der Waals surface area contributed by atoms with E-state index in [1.165, 1.54) is 25.3 Å². The lowest BCUT2D eigenvalue weighted by atomic mass is 10.2. The van der Waals surface area contributed by atoms with Gasteiger partial charge in [-0.15, -0.1) is 0 Å². The van der Waals surface area contributed by atoms with Crippen LogP contribution >= 0.6 is 0 Å². The van der Waals surface area contributed by atoms with Gasteiger partial charge in [-0.05, 0) is 5.57 Å². The highest BCUT2D eigenvalue weighted by molar-refractivity contribution is 6.14. The van der Waals surface area contributed by atoms with Crippen molar-refractivity contribution < 1.29 is 28.7 Å². The van der Waals surface area contributed by atoms with Crippen LogP contribution in [-0.2, 0) is 28.7 Å². The molecule has 7 heteroatoms. The number of rotatable bonds is 4. The van der Waals surface area contributed by atoms with Crippen molar-refractivity contribution in [3.8, 4) is 0 Å². The standard InChI is InChI=1S/C14H15NO6/c1-8(16)21-13-6-9(7-20-13)2-5-12(19)15-14-10(17)3-4-11(14)18/h2,5,7,13-14H,3-4,6H2,1H3,(H,15,19)/b5-2-/t13-/m1/s1. The first-order chi connectivity index (χ1) is 9.95. The molecule has 0 spiro atoms. The third-order valence-electron chi connectivity index (χ3n) is 3.07. The van der Waals surface area contributed by atoms with Crippen LogP contribution in [0.5, 0.6) is 0 Å². The predicted molar refractivity (Wildman–Crippen MR) is 69.7 cm³/mol. The topological polar surface area (TPSA) is 98.8 Å². The second-order valence-corrected chi connectivity index (χ2v) is 4.78. The van der Waals surface area contributed by atoms with Crippen LogP contribution in [-0.4, -0.2) is 35.8 Å². The number of hydrogen-bond donors (Lipinski definition) is 1. The van der Waals surface area contributed by atoms with Crippen molar-refractivity contribution in [2.75, 3.05) is 0 Å². The van der Waals surface area contributed by atoms with Crippen LogP contribution in [0.1, 0.15) is 26.2 Å². The summed E-state index contributed by atoms with van der Waals surface area (Å²) in [6.07, 6.45) is 4.11. The number of amides is 1. The first kappa shape index (κ1) is 15.0. The first-order valence-corrected chi connectivity index (χ1v) is 6.51. The molecule has 0 aromatic carbocycles. The Morgan fingerprint density at radius 3 is 2.62 bits per heavy atom. The number of carbonyl (C=O) groups excluding carboxylic acids is 4. The maximum atomic E-state index is 11.7. The summed E-state index contributed by atoms with van der Waals surface area (Å²) in [7, 11) is 0. The van der Waals surface area contributed by atoms with E-state index in [2.05, 4.69) is 5.32 Å². The molecule has 1 aliphatic heterocycles. The number of Topliss-reactive ketones (excluding diaryl/α,β-unsaturated/α-hetero) is 2. The Kier molecular flexibility index (Phi) is 4.52. The van der Waals surface area contributed by atoms with E-state index in [9.17, 15) is 19.2 Å². The molecule has 0 aromatic heterocycles. The Labute approximate surface area is 121 Å². The van der Waals surface area contributed by atoms with Crippen molar-refractivity contribution in [2.45, 2.75) is 38.5 Å². The molecular weight excluding hydrogens is 278 g/mol. The zero-order chi connectivity index (χ0) is 15.4. The molecule has 2 rings (SSSR count). The maximum Gasteiger partial charge on any atom is 0.305 e. The zero-order valence-corrected chi connectivity index (χ0v) is 11.5. The minimum Gasteiger partial charge on any atom is -0.462 e. The first-order valence-electron chi connectivity index (χ1n) is 6.51. The highest BCUT2D eigenvalue weighted by Gasteiger charge is 2.33. The molecule has 1 atom stereocenters. The van der Waals surface area contributed by atoms with E-state index in [-0.39, 0.29) is 24.4 Å². The van der Waals surface area contributed by atoms with Gasteiger partial charge in [0.1, 0.15) is 6.04 Å². The summed E-state index contributed by atoms with van der Waals surface area (Å²) in [4.78, 5) is 45.2. The second kappa shape index (κ2) is 6.34. The number of ether oxygens (including phenoxy) is 2. The zero-order valence-electron chi connectivity index (χ0n) is 11.5. The van der Waals surface area contributed by atoms with E-state index in [0.717, 1.165) is 0 Å². The average molecular weight is 293 g/mol. The number of allylic oxidation sites excluding steroid dienone is 1. The molecular formula is C14H15NO6. The molecule has 0 bridgehead atoms. The molecule has 0 radical (unpaired) electrons. The van der Waals surface area contributed by atoms with Gasteiger partial charge in [0.25, 0.3) is 0 Å². The van der Waals surface area contributed by atoms with Crippen molar-refractivity contribution in [2.24, 2.45) is 0 Å². The molecule has 0 saturated heterocycles. The molecule has 1 fully saturated rings. The highest BCUT2D eigenvalue weighted by atomic mass is 16.7. The smallest absolute Gasteiger partial charge is 0.305 e. The van der Waals surface area contributed by atoms with E-state index < -0.39 is 24.2 Å². The normalized spacial score (nSPS) is 22.3. The van der Waals surface area contributed by atoms with Gasteiger partial charge in [-0.3, -0.25) is 19.2 Å². The van der Waals surface area contributed by atoms with Crippen LogP contribution in [0.3, 0.4) is 0 Å². The highest BCUT2D eigenvalue weighted by Crippen LogP contribution is 2.20. The Balaban J connectivity index is 1.82. The van der Waals surface area contributed by atoms with Gasteiger partial charge in [-0.25, -0.2) is 0 Å². The summed E-state index contributed by atoms with van der Waals surface area (Å²) in [5.74, 6) is -1.50. The van der Waals surface area contributed by atoms with Crippen LogP contribution in [0.15, 0.2) is 24.0 Å². The van der Waals surface area contributed by atoms with Crippen molar-refractivity contribution >= 4 is 23.4 Å². The third kappa shape index (κ3) is 4.01. The minimum atomic E-state index is -1.02. The quantitative estimate of drug-likeness (QED) is 0.450. The fraction of sp³-hybridized carbons (Fsp3) is 0.429. The number of hydrogen-bond acceptors (Lipinski definition) is 6. The van der Waals surface area contributed by atoms with E-state index in [4.69, 9.17) is 9.47 Å². The van der Waals surface area contributed by atoms with Gasteiger partial charge >= 0.3 is 5.97 Å². The van der Waals surface area contributed by atoms with E-state index in [1.807, 2.05) is 0 Å². The summed E-state index contributed by atoms with van der Waals surface area (Å²) in [5.41, 5.74) is 0.667. The van der Waals surface area contributed by atoms with Crippen molar-refractivity contribution in [1.29, 1.82) is 0 Å². The Hall–Kier alpha value is -2.44. The van der Waals surface area contributed by atoms with Crippen LogP contribution in [0, 0.1) is 0 Å². The number of carbonyl (C=O) groups is 4. The molecule has 1 heterocycles. The maximum absolute atomic E-state index is 11.7. The molecule has 1 amide bonds. The summed E-state index contributed by atoms with van der Waals surface area (Å²) in [6, 6.07) is -1.02. The lowest BCUT2D eigenvalue weighted by Crippen LogP contribution is -2.41. The summed E-state index contributed by atoms with van der Waals surface area (Å²) in [5, 5.41) is 2.37. The van der Waals surface area contributed by atoms with Crippen molar-refractivity contribution in [3.05, 3.63) is 24.0 Å². The predicted octanol–water partition coefficient (Wildman–Crippen LogP) is 0.153. The molecule has 0 unspecified atom stereocenters. The summed E-state index contributed by atoms with van der Waals surface area (Å²) < 4.78 is 9.93. The van der Waals surface area contributed by atoms with E-state index in [0.29, 0.717) is 12.0 Å². The summed E-state index contributed by atoms with van der Waals surface area (Å²) in [6.45, 7) is 1.28. The lowest BCUT2D eigenvalue weighted by molar-refractivity contribution is -0.163. The molecule has 2 aliphatic rings. The van der Waals surface area contributed by atoms with Crippen molar-refractivity contribution in [3.63, 3.8) is 0 Å². The number of nitrogens with one attached hydrogen (secondary N) is 1. The van der Waals surface area contributed by atoms with Crippen LogP contribution in [0.4, 0.5) is 0 Å². The minimum absolute atomic E-state index is 0.177. The van der Waals surface area contributed by atoms with Gasteiger partial charge in [0.2, 0.25) is 12.2 Å². The van der Waals surface area contributed by atoms with Gasteiger partial charge < -0.3 is 14.8 Å². The van der Waals surface area contributed by atoms with Crippen LogP contribution in [0.2, 0.25) is 0 Å².